The van der Waals surface area contributed by atoms with Crippen molar-refractivity contribution in [2.75, 3.05) is 26.8 Å². The highest BCUT2D eigenvalue weighted by Crippen LogP contribution is 2.20. The Balaban J connectivity index is 1.77. The number of ether oxygens (including phenoxy) is 2. The smallest absolute Gasteiger partial charge is 0.309 e. The summed E-state index contributed by atoms with van der Waals surface area (Å²) in [6.07, 6.45) is 2.58. The van der Waals surface area contributed by atoms with Gasteiger partial charge in [0, 0.05) is 19.5 Å². The molecule has 1 amide bonds. The molecule has 0 atom stereocenters. The minimum Gasteiger partial charge on any atom is -0.497 e. The quantitative estimate of drug-likeness (QED) is 0.756. The lowest BCUT2D eigenvalue weighted by Crippen LogP contribution is -2.40. The predicted molar refractivity (Wildman–Crippen MR) is 87.3 cm³/mol. The third kappa shape index (κ3) is 4.98. The van der Waals surface area contributed by atoms with Gasteiger partial charge < -0.3 is 14.4 Å². The van der Waals surface area contributed by atoms with E-state index in [2.05, 4.69) is 0 Å². The van der Waals surface area contributed by atoms with Crippen LogP contribution in [0, 0.1) is 5.92 Å². The zero-order chi connectivity index (χ0) is 16.7. The van der Waals surface area contributed by atoms with Crippen molar-refractivity contribution in [3.63, 3.8) is 0 Å². The molecule has 1 aromatic carbocycles. The van der Waals surface area contributed by atoms with Crippen LogP contribution in [0.1, 0.15) is 31.7 Å². The normalized spacial score (nSPS) is 15.3. The van der Waals surface area contributed by atoms with E-state index in [9.17, 15) is 9.59 Å². The van der Waals surface area contributed by atoms with E-state index in [0.717, 1.165) is 11.3 Å². The van der Waals surface area contributed by atoms with Gasteiger partial charge in [0.15, 0.2) is 0 Å². The molecule has 2 rings (SSSR count). The van der Waals surface area contributed by atoms with Gasteiger partial charge in [-0.2, -0.15) is 0 Å². The summed E-state index contributed by atoms with van der Waals surface area (Å²) in [5.74, 6) is 0.772. The van der Waals surface area contributed by atoms with Crippen LogP contribution >= 0.6 is 0 Å². The standard InChI is InChI=1S/C18H25NO4/c1-3-23-18(21)15-9-11-19(12-10-15)17(20)8-7-14-5-4-6-16(13-14)22-2/h4-6,13,15H,3,7-12H2,1-2H3. The summed E-state index contributed by atoms with van der Waals surface area (Å²) in [5.41, 5.74) is 1.10. The highest BCUT2D eigenvalue weighted by molar-refractivity contribution is 5.77. The Bertz CT molecular complexity index is 536. The molecule has 1 heterocycles. The molecule has 1 aliphatic heterocycles. The molecule has 0 unspecified atom stereocenters. The van der Waals surface area contributed by atoms with Gasteiger partial charge in [-0.25, -0.2) is 0 Å². The molecule has 5 nitrogen and oxygen atoms in total. The number of carbonyl (C=O) groups is 2. The Morgan fingerprint density at radius 1 is 1.26 bits per heavy atom. The van der Waals surface area contributed by atoms with E-state index in [0.29, 0.717) is 45.4 Å². The largest absolute Gasteiger partial charge is 0.497 e. The van der Waals surface area contributed by atoms with Gasteiger partial charge in [-0.15, -0.1) is 0 Å². The lowest BCUT2D eigenvalue weighted by atomic mass is 9.96. The first-order valence-electron chi connectivity index (χ1n) is 8.21. The SMILES string of the molecule is CCOC(=O)C1CCN(C(=O)CCc2cccc(OC)c2)CC1. The molecule has 0 bridgehead atoms. The van der Waals surface area contributed by atoms with Crippen LogP contribution in [0.3, 0.4) is 0 Å². The second-order valence-corrected chi connectivity index (χ2v) is 5.76. The lowest BCUT2D eigenvalue weighted by molar-refractivity contribution is -0.151. The molecule has 1 aromatic rings. The number of aryl methyl sites for hydroxylation is 1. The summed E-state index contributed by atoms with van der Waals surface area (Å²) in [5, 5.41) is 0. The molecule has 126 valence electrons. The number of benzene rings is 1. The van der Waals surface area contributed by atoms with Crippen molar-refractivity contribution < 1.29 is 19.1 Å². The van der Waals surface area contributed by atoms with E-state index >= 15 is 0 Å². The monoisotopic (exact) mass is 319 g/mol. The van der Waals surface area contributed by atoms with Crippen molar-refractivity contribution in [2.45, 2.75) is 32.6 Å². The van der Waals surface area contributed by atoms with Gasteiger partial charge in [-0.1, -0.05) is 12.1 Å². The topological polar surface area (TPSA) is 55.8 Å². The van der Waals surface area contributed by atoms with Crippen LogP contribution in [0.2, 0.25) is 0 Å². The number of piperidine rings is 1. The second kappa shape index (κ2) is 8.56. The number of hydrogen-bond donors (Lipinski definition) is 0. The van der Waals surface area contributed by atoms with E-state index in [4.69, 9.17) is 9.47 Å². The molecule has 0 aliphatic carbocycles. The minimum atomic E-state index is -0.129. The van der Waals surface area contributed by atoms with Crippen LogP contribution in [0.4, 0.5) is 0 Å². The fourth-order valence-corrected chi connectivity index (χ4v) is 2.86. The predicted octanol–water partition coefficient (Wildman–Crippen LogP) is 2.43. The van der Waals surface area contributed by atoms with Gasteiger partial charge in [-0.3, -0.25) is 9.59 Å². The number of nitrogens with zero attached hydrogens (tertiary/aromatic N) is 1. The van der Waals surface area contributed by atoms with E-state index in [1.807, 2.05) is 36.1 Å². The Hall–Kier alpha value is -2.04. The molecule has 1 fully saturated rings. The summed E-state index contributed by atoms with van der Waals surface area (Å²) in [6, 6.07) is 7.79. The number of likely N-dealkylation sites (tertiary alicyclic amines) is 1. The zero-order valence-corrected chi connectivity index (χ0v) is 13.9. The molecule has 0 radical (unpaired) electrons. The van der Waals surface area contributed by atoms with Crippen molar-refractivity contribution in [3.8, 4) is 5.75 Å². The summed E-state index contributed by atoms with van der Waals surface area (Å²) < 4.78 is 10.2. The number of amides is 1. The summed E-state index contributed by atoms with van der Waals surface area (Å²) in [4.78, 5) is 25.9. The third-order valence-electron chi connectivity index (χ3n) is 4.23. The van der Waals surface area contributed by atoms with Gasteiger partial charge in [0.1, 0.15) is 5.75 Å². The van der Waals surface area contributed by atoms with Gasteiger partial charge in [0.05, 0.1) is 19.6 Å². The van der Waals surface area contributed by atoms with Crippen molar-refractivity contribution in [3.05, 3.63) is 29.8 Å². The summed E-state index contributed by atoms with van der Waals surface area (Å²) in [7, 11) is 1.64. The molecule has 0 aromatic heterocycles. The maximum absolute atomic E-state index is 12.3. The van der Waals surface area contributed by atoms with Crippen LogP contribution in [-0.2, 0) is 20.7 Å². The first kappa shape index (κ1) is 17.3. The van der Waals surface area contributed by atoms with Crippen LogP contribution in [0.5, 0.6) is 5.75 Å². The zero-order valence-electron chi connectivity index (χ0n) is 13.9. The third-order valence-corrected chi connectivity index (χ3v) is 4.23. The lowest BCUT2D eigenvalue weighted by Gasteiger charge is -2.31. The van der Waals surface area contributed by atoms with Crippen molar-refractivity contribution in [1.82, 2.24) is 4.90 Å². The van der Waals surface area contributed by atoms with Crippen molar-refractivity contribution >= 4 is 11.9 Å². The Kier molecular flexibility index (Phi) is 6.44. The molecule has 0 spiro atoms. The molecular formula is C18H25NO4. The Labute approximate surface area is 137 Å². The second-order valence-electron chi connectivity index (χ2n) is 5.76. The average molecular weight is 319 g/mol. The molecular weight excluding hydrogens is 294 g/mol. The van der Waals surface area contributed by atoms with Crippen LogP contribution in [0.25, 0.3) is 0 Å². The van der Waals surface area contributed by atoms with Crippen LogP contribution in [-0.4, -0.2) is 43.6 Å². The number of carbonyl (C=O) groups excluding carboxylic acids is 2. The van der Waals surface area contributed by atoms with E-state index < -0.39 is 0 Å². The van der Waals surface area contributed by atoms with Crippen molar-refractivity contribution in [1.29, 1.82) is 0 Å². The molecule has 0 saturated carbocycles. The first-order valence-corrected chi connectivity index (χ1v) is 8.21. The number of rotatable bonds is 6. The Morgan fingerprint density at radius 3 is 2.65 bits per heavy atom. The molecule has 5 heteroatoms. The minimum absolute atomic E-state index is 0.0580. The fourth-order valence-electron chi connectivity index (χ4n) is 2.86. The number of esters is 1. The van der Waals surface area contributed by atoms with E-state index in [1.54, 1.807) is 7.11 Å². The van der Waals surface area contributed by atoms with Gasteiger partial charge in [0.2, 0.25) is 5.91 Å². The van der Waals surface area contributed by atoms with E-state index in [1.165, 1.54) is 0 Å². The fraction of sp³-hybridized carbons (Fsp3) is 0.556. The molecule has 23 heavy (non-hydrogen) atoms. The number of hydrogen-bond acceptors (Lipinski definition) is 4. The summed E-state index contributed by atoms with van der Waals surface area (Å²) in [6.45, 7) is 3.51. The van der Waals surface area contributed by atoms with Crippen LogP contribution in [0.15, 0.2) is 24.3 Å². The van der Waals surface area contributed by atoms with Gasteiger partial charge in [0.25, 0.3) is 0 Å². The maximum atomic E-state index is 12.3. The van der Waals surface area contributed by atoms with Crippen molar-refractivity contribution in [2.24, 2.45) is 5.92 Å². The first-order chi connectivity index (χ1) is 11.1. The molecule has 1 saturated heterocycles. The highest BCUT2D eigenvalue weighted by atomic mass is 16.5. The Morgan fingerprint density at radius 2 is 2.00 bits per heavy atom. The molecule has 0 N–H and O–H groups in total. The maximum Gasteiger partial charge on any atom is 0.309 e. The number of methoxy groups -OCH3 is 1. The van der Waals surface area contributed by atoms with E-state index in [-0.39, 0.29) is 17.8 Å². The summed E-state index contributed by atoms with van der Waals surface area (Å²) >= 11 is 0. The molecule has 1 aliphatic rings. The highest BCUT2D eigenvalue weighted by Gasteiger charge is 2.27. The average Bonchev–Trinajstić information content (AvgIpc) is 2.60. The van der Waals surface area contributed by atoms with Gasteiger partial charge >= 0.3 is 5.97 Å². The van der Waals surface area contributed by atoms with Crippen LogP contribution < -0.4 is 4.74 Å². The van der Waals surface area contributed by atoms with Gasteiger partial charge in [-0.05, 0) is 43.9 Å².